The second-order valence-electron chi connectivity index (χ2n) is 6.02. The van der Waals surface area contributed by atoms with Crippen molar-refractivity contribution in [3.05, 3.63) is 28.8 Å². The molecule has 0 amide bonds. The molecule has 9 nitrogen and oxygen atoms in total. The molecular formula is C16H14O9. The van der Waals surface area contributed by atoms with Gasteiger partial charge in [0.15, 0.2) is 23.1 Å². The Morgan fingerprint density at radius 2 is 1.72 bits per heavy atom. The Hall–Kier alpha value is -2.75. The lowest BCUT2D eigenvalue weighted by molar-refractivity contribution is -0.339. The summed E-state index contributed by atoms with van der Waals surface area (Å²) in [7, 11) is 0. The van der Waals surface area contributed by atoms with Gasteiger partial charge in [0.2, 0.25) is 11.5 Å². The van der Waals surface area contributed by atoms with Crippen LogP contribution in [0.25, 0.3) is 0 Å². The molecule has 0 saturated heterocycles. The zero-order chi connectivity index (χ0) is 18.9. The summed E-state index contributed by atoms with van der Waals surface area (Å²) in [4.78, 5) is 36.0. The average Bonchev–Trinajstić information content (AvgIpc) is 2.48. The molecular weight excluding hydrogens is 336 g/mol. The summed E-state index contributed by atoms with van der Waals surface area (Å²) < 4.78 is 4.94. The van der Waals surface area contributed by atoms with Crippen molar-refractivity contribution in [3.8, 4) is 17.2 Å². The number of fused-ring (bicyclic) bond motifs is 4. The summed E-state index contributed by atoms with van der Waals surface area (Å²) >= 11 is 0. The fraction of sp³-hybridized carbons (Fsp3) is 0.312. The van der Waals surface area contributed by atoms with E-state index in [1.165, 1.54) is 0 Å². The molecule has 0 spiro atoms. The minimum atomic E-state index is -3.29. The number of rotatable bonds is 2. The van der Waals surface area contributed by atoms with E-state index in [9.17, 15) is 39.9 Å². The number of carbonyl (C=O) groups excluding carboxylic acids is 3. The van der Waals surface area contributed by atoms with Crippen molar-refractivity contribution in [1.29, 1.82) is 0 Å². The highest BCUT2D eigenvalue weighted by Crippen LogP contribution is 2.57. The first-order valence-electron chi connectivity index (χ1n) is 7.16. The van der Waals surface area contributed by atoms with Crippen LogP contribution in [0.5, 0.6) is 17.2 Å². The zero-order valence-electron chi connectivity index (χ0n) is 13.1. The Labute approximate surface area is 140 Å². The number of phenolic OH excluding ortho intramolecular Hbond substituents is 2. The minimum absolute atomic E-state index is 0.272. The smallest absolute Gasteiger partial charge is 0.328 e. The largest absolute Gasteiger partial charge is 0.504 e. The predicted molar refractivity (Wildman–Crippen MR) is 79.0 cm³/mol. The molecule has 1 aromatic carbocycles. The van der Waals surface area contributed by atoms with Crippen molar-refractivity contribution in [1.82, 2.24) is 0 Å². The standard InChI is InChI=1S/C16H14O9/c1-5(17)7-3-9(19)13(21)14-11(7)12-8(6(2)18)4-10(20)16(24,25-14)15(12,22)23/h3-4,12,19,21-24H,1-2H3/t12-,16-/m0/s1. The summed E-state index contributed by atoms with van der Waals surface area (Å²) in [6.07, 6.45) is 0.703. The number of hydrogen-bond acceptors (Lipinski definition) is 9. The number of Topliss-reactive ketones (excluding diaryl/α,β-unsaturated/α-hetero) is 2. The van der Waals surface area contributed by atoms with Gasteiger partial charge in [0.1, 0.15) is 0 Å². The Morgan fingerprint density at radius 1 is 1.12 bits per heavy atom. The van der Waals surface area contributed by atoms with Crippen LogP contribution in [0.1, 0.15) is 35.7 Å². The van der Waals surface area contributed by atoms with Crippen LogP contribution < -0.4 is 4.74 Å². The molecule has 9 heteroatoms. The van der Waals surface area contributed by atoms with Crippen molar-refractivity contribution in [2.24, 2.45) is 0 Å². The maximum Gasteiger partial charge on any atom is 0.328 e. The number of ether oxygens (including phenoxy) is 1. The Morgan fingerprint density at radius 3 is 2.24 bits per heavy atom. The SMILES string of the molecule is CC(=O)C1=CC(=O)[C@]2(O)Oc3c(O)c(O)cc(C(C)=O)c3[C@H]1C2(O)O. The van der Waals surface area contributed by atoms with E-state index in [0.29, 0.717) is 6.08 Å². The quantitative estimate of drug-likeness (QED) is 0.262. The summed E-state index contributed by atoms with van der Waals surface area (Å²) in [5.74, 6) is -13.4. The third-order valence-electron chi connectivity index (χ3n) is 4.43. The Balaban J connectivity index is 2.49. The molecule has 0 saturated carbocycles. The average molecular weight is 350 g/mol. The van der Waals surface area contributed by atoms with E-state index in [0.717, 1.165) is 19.9 Å². The molecule has 2 bridgehead atoms. The van der Waals surface area contributed by atoms with E-state index in [1.54, 1.807) is 0 Å². The second-order valence-corrected chi connectivity index (χ2v) is 6.02. The molecule has 0 radical (unpaired) electrons. The molecule has 0 aromatic heterocycles. The number of hydrogen-bond donors (Lipinski definition) is 5. The molecule has 1 aliphatic carbocycles. The van der Waals surface area contributed by atoms with E-state index >= 15 is 0 Å². The summed E-state index contributed by atoms with van der Waals surface area (Å²) in [5, 5.41) is 51.0. The molecule has 3 rings (SSSR count). The van der Waals surface area contributed by atoms with Crippen molar-refractivity contribution < 1.29 is 44.7 Å². The van der Waals surface area contributed by atoms with Crippen LogP contribution in [0.2, 0.25) is 0 Å². The van der Waals surface area contributed by atoms with Gasteiger partial charge in [-0.1, -0.05) is 0 Å². The molecule has 5 N–H and O–H groups in total. The minimum Gasteiger partial charge on any atom is -0.504 e. The van der Waals surface area contributed by atoms with Crippen LogP contribution in [0, 0.1) is 0 Å². The van der Waals surface area contributed by atoms with Gasteiger partial charge in [-0.2, -0.15) is 0 Å². The van der Waals surface area contributed by atoms with E-state index in [2.05, 4.69) is 0 Å². The number of benzene rings is 1. The van der Waals surface area contributed by atoms with Crippen molar-refractivity contribution in [3.63, 3.8) is 0 Å². The fourth-order valence-corrected chi connectivity index (χ4v) is 3.18. The first kappa shape index (κ1) is 17.1. The molecule has 2 atom stereocenters. The van der Waals surface area contributed by atoms with Crippen LogP contribution in [0.3, 0.4) is 0 Å². The monoisotopic (exact) mass is 350 g/mol. The van der Waals surface area contributed by atoms with Gasteiger partial charge in [0.25, 0.3) is 5.79 Å². The normalized spacial score (nSPS) is 26.4. The summed E-state index contributed by atoms with van der Waals surface area (Å²) in [5.41, 5.74) is -0.991. The van der Waals surface area contributed by atoms with Gasteiger partial charge < -0.3 is 30.3 Å². The highest BCUT2D eigenvalue weighted by Gasteiger charge is 2.68. The molecule has 1 aromatic rings. The number of ketones is 3. The first-order chi connectivity index (χ1) is 11.4. The Kier molecular flexibility index (Phi) is 3.34. The molecule has 1 aliphatic heterocycles. The van der Waals surface area contributed by atoms with Crippen molar-refractivity contribution in [2.75, 3.05) is 0 Å². The molecule has 2 aliphatic rings. The van der Waals surface area contributed by atoms with Crippen LogP contribution in [0.15, 0.2) is 17.7 Å². The summed E-state index contributed by atoms with van der Waals surface area (Å²) in [6, 6.07) is 0.870. The summed E-state index contributed by atoms with van der Waals surface area (Å²) in [6.45, 7) is 2.16. The number of phenols is 2. The predicted octanol–water partition coefficient (Wildman–Crippen LogP) is -0.756. The highest BCUT2D eigenvalue weighted by molar-refractivity contribution is 6.09. The van der Waals surface area contributed by atoms with Gasteiger partial charge in [0, 0.05) is 16.7 Å². The molecule has 132 valence electrons. The number of aliphatic hydroxyl groups is 3. The van der Waals surface area contributed by atoms with Crippen LogP contribution in [-0.2, 0) is 9.59 Å². The lowest BCUT2D eigenvalue weighted by Gasteiger charge is -2.49. The molecule has 0 unspecified atom stereocenters. The van der Waals surface area contributed by atoms with Gasteiger partial charge in [0.05, 0.1) is 5.92 Å². The maximum absolute atomic E-state index is 12.1. The van der Waals surface area contributed by atoms with Gasteiger partial charge in [-0.05, 0) is 26.0 Å². The first-order valence-corrected chi connectivity index (χ1v) is 7.16. The maximum atomic E-state index is 12.1. The van der Waals surface area contributed by atoms with E-state index in [-0.39, 0.29) is 11.1 Å². The molecule has 0 fully saturated rings. The highest BCUT2D eigenvalue weighted by atomic mass is 16.7. The van der Waals surface area contributed by atoms with E-state index in [4.69, 9.17) is 4.74 Å². The second kappa shape index (κ2) is 4.88. The van der Waals surface area contributed by atoms with Crippen LogP contribution in [0.4, 0.5) is 0 Å². The topological polar surface area (TPSA) is 162 Å². The van der Waals surface area contributed by atoms with Gasteiger partial charge in [-0.3, -0.25) is 14.4 Å². The zero-order valence-corrected chi connectivity index (χ0v) is 13.1. The van der Waals surface area contributed by atoms with Crippen molar-refractivity contribution in [2.45, 2.75) is 31.3 Å². The molecule has 1 heterocycles. The third kappa shape index (κ3) is 1.97. The Bertz CT molecular complexity index is 880. The lowest BCUT2D eigenvalue weighted by atomic mass is 9.69. The molecule has 25 heavy (non-hydrogen) atoms. The number of carbonyl (C=O) groups is 3. The lowest BCUT2D eigenvalue weighted by Crippen LogP contribution is -2.70. The van der Waals surface area contributed by atoms with Crippen LogP contribution >= 0.6 is 0 Å². The fourth-order valence-electron chi connectivity index (χ4n) is 3.18. The van der Waals surface area contributed by atoms with Gasteiger partial charge in [-0.25, -0.2) is 0 Å². The van der Waals surface area contributed by atoms with Crippen LogP contribution in [-0.4, -0.2) is 54.5 Å². The van der Waals surface area contributed by atoms with Gasteiger partial charge in [-0.15, -0.1) is 0 Å². The van der Waals surface area contributed by atoms with E-state index in [1.807, 2.05) is 0 Å². The van der Waals surface area contributed by atoms with E-state index < -0.39 is 57.7 Å². The number of aromatic hydroxyl groups is 2. The van der Waals surface area contributed by atoms with Gasteiger partial charge >= 0.3 is 5.79 Å². The third-order valence-corrected chi connectivity index (χ3v) is 4.43. The van der Waals surface area contributed by atoms with Crippen molar-refractivity contribution >= 4 is 17.3 Å².